The van der Waals surface area contributed by atoms with Gasteiger partial charge in [-0.25, -0.2) is 4.98 Å². The third kappa shape index (κ3) is 2.47. The van der Waals surface area contributed by atoms with Gasteiger partial charge in [0.15, 0.2) is 0 Å². The number of rotatable bonds is 3. The SMILES string of the molecule is Cc1nccn1[C@@H]1CC[C@@H](NC(=O)c2cccn2C)[C@H]1O. The summed E-state index contributed by atoms with van der Waals surface area (Å²) in [6, 6.07) is 3.36. The monoisotopic (exact) mass is 288 g/mol. The van der Waals surface area contributed by atoms with Crippen molar-refractivity contribution in [3.63, 3.8) is 0 Å². The molecule has 6 nitrogen and oxygen atoms in total. The number of carbonyl (C=O) groups is 1. The van der Waals surface area contributed by atoms with Gasteiger partial charge in [-0.1, -0.05) is 0 Å². The summed E-state index contributed by atoms with van der Waals surface area (Å²) in [5.41, 5.74) is 0.601. The molecule has 6 heteroatoms. The molecule has 0 aromatic carbocycles. The topological polar surface area (TPSA) is 72.1 Å². The molecule has 21 heavy (non-hydrogen) atoms. The van der Waals surface area contributed by atoms with Crippen LogP contribution in [-0.2, 0) is 7.05 Å². The summed E-state index contributed by atoms with van der Waals surface area (Å²) in [5, 5.41) is 13.4. The van der Waals surface area contributed by atoms with Gasteiger partial charge >= 0.3 is 0 Å². The van der Waals surface area contributed by atoms with Gasteiger partial charge in [-0.15, -0.1) is 0 Å². The Morgan fingerprint density at radius 1 is 1.43 bits per heavy atom. The number of nitrogens with zero attached hydrogens (tertiary/aromatic N) is 3. The van der Waals surface area contributed by atoms with Crippen molar-refractivity contribution in [2.75, 3.05) is 0 Å². The Balaban J connectivity index is 1.70. The van der Waals surface area contributed by atoms with E-state index in [4.69, 9.17) is 0 Å². The zero-order valence-electron chi connectivity index (χ0n) is 12.2. The molecule has 0 unspecified atom stereocenters. The molecule has 2 aromatic heterocycles. The summed E-state index contributed by atoms with van der Waals surface area (Å²) in [4.78, 5) is 16.4. The molecular weight excluding hydrogens is 268 g/mol. The number of aryl methyl sites for hydroxylation is 2. The third-order valence-corrected chi connectivity index (χ3v) is 4.29. The number of nitrogens with one attached hydrogen (secondary N) is 1. The lowest BCUT2D eigenvalue weighted by Crippen LogP contribution is -2.42. The largest absolute Gasteiger partial charge is 0.389 e. The Bertz CT molecular complexity index is 646. The lowest BCUT2D eigenvalue weighted by molar-refractivity contribution is 0.0805. The Kier molecular flexibility index (Phi) is 3.55. The Morgan fingerprint density at radius 3 is 2.86 bits per heavy atom. The van der Waals surface area contributed by atoms with Crippen molar-refractivity contribution >= 4 is 5.91 Å². The quantitative estimate of drug-likeness (QED) is 0.886. The van der Waals surface area contributed by atoms with Gasteiger partial charge in [0.25, 0.3) is 5.91 Å². The van der Waals surface area contributed by atoms with E-state index >= 15 is 0 Å². The highest BCUT2D eigenvalue weighted by molar-refractivity contribution is 5.92. The van der Waals surface area contributed by atoms with Crippen LogP contribution >= 0.6 is 0 Å². The van der Waals surface area contributed by atoms with Crippen molar-refractivity contribution < 1.29 is 9.90 Å². The lowest BCUT2D eigenvalue weighted by atomic mass is 10.1. The van der Waals surface area contributed by atoms with Crippen LogP contribution in [0.5, 0.6) is 0 Å². The maximum atomic E-state index is 12.2. The molecule has 0 spiro atoms. The van der Waals surface area contributed by atoms with Crippen LogP contribution in [0.1, 0.15) is 35.2 Å². The molecule has 112 valence electrons. The van der Waals surface area contributed by atoms with Crippen LogP contribution in [0, 0.1) is 6.92 Å². The van der Waals surface area contributed by atoms with Gasteiger partial charge in [-0.2, -0.15) is 0 Å². The summed E-state index contributed by atoms with van der Waals surface area (Å²) in [7, 11) is 1.83. The highest BCUT2D eigenvalue weighted by Gasteiger charge is 2.37. The number of aliphatic hydroxyl groups is 1. The molecule has 0 saturated heterocycles. The minimum atomic E-state index is -0.595. The number of imidazole rings is 1. The molecule has 1 aliphatic carbocycles. The molecule has 1 saturated carbocycles. The number of aromatic nitrogens is 3. The van der Waals surface area contributed by atoms with E-state index in [1.165, 1.54) is 0 Å². The van der Waals surface area contributed by atoms with Crippen molar-refractivity contribution in [2.45, 2.75) is 38.0 Å². The fourth-order valence-corrected chi connectivity index (χ4v) is 3.10. The van der Waals surface area contributed by atoms with Crippen LogP contribution in [0.25, 0.3) is 0 Å². The first-order valence-corrected chi connectivity index (χ1v) is 7.17. The molecule has 0 aliphatic heterocycles. The first-order valence-electron chi connectivity index (χ1n) is 7.17. The minimum absolute atomic E-state index is 0.0220. The molecule has 1 amide bonds. The van der Waals surface area contributed by atoms with Gasteiger partial charge in [-0.3, -0.25) is 4.79 Å². The molecule has 1 aliphatic rings. The van der Waals surface area contributed by atoms with E-state index in [0.717, 1.165) is 18.7 Å². The number of amides is 1. The summed E-state index contributed by atoms with van der Waals surface area (Å²) in [6.45, 7) is 1.92. The zero-order valence-corrected chi connectivity index (χ0v) is 12.2. The Labute approximate surface area is 123 Å². The standard InChI is InChI=1S/C15H20N4O2/c1-10-16-7-9-19(10)12-6-5-11(14(12)20)17-15(21)13-4-3-8-18(13)2/h3-4,7-9,11-12,14,20H,5-6H2,1-2H3,(H,17,21)/t11-,12-,14-/m1/s1. The van der Waals surface area contributed by atoms with Crippen LogP contribution in [-0.4, -0.2) is 37.3 Å². The fourth-order valence-electron chi connectivity index (χ4n) is 3.10. The second-order valence-corrected chi connectivity index (χ2v) is 5.60. The molecule has 1 fully saturated rings. The number of carbonyl (C=O) groups excluding carboxylic acids is 1. The van der Waals surface area contributed by atoms with E-state index in [1.54, 1.807) is 16.8 Å². The van der Waals surface area contributed by atoms with Crippen LogP contribution < -0.4 is 5.32 Å². The Morgan fingerprint density at radius 2 is 2.24 bits per heavy atom. The van der Waals surface area contributed by atoms with E-state index in [9.17, 15) is 9.90 Å². The van der Waals surface area contributed by atoms with Crippen molar-refractivity contribution in [1.82, 2.24) is 19.4 Å². The molecule has 3 rings (SSSR count). The van der Waals surface area contributed by atoms with Crippen LogP contribution in [0.4, 0.5) is 0 Å². The smallest absolute Gasteiger partial charge is 0.268 e. The molecule has 2 aromatic rings. The van der Waals surface area contributed by atoms with Gasteiger partial charge in [0, 0.05) is 25.6 Å². The van der Waals surface area contributed by atoms with Crippen molar-refractivity contribution in [2.24, 2.45) is 7.05 Å². The predicted molar refractivity (Wildman–Crippen MR) is 77.9 cm³/mol. The van der Waals surface area contributed by atoms with Crippen molar-refractivity contribution in [3.05, 3.63) is 42.2 Å². The average Bonchev–Trinajstić information content (AvgIpc) is 3.13. The normalized spacial score (nSPS) is 25.2. The summed E-state index contributed by atoms with van der Waals surface area (Å²) < 4.78 is 3.76. The summed E-state index contributed by atoms with van der Waals surface area (Å²) in [5.74, 6) is 0.739. The molecule has 2 N–H and O–H groups in total. The van der Waals surface area contributed by atoms with Crippen molar-refractivity contribution in [1.29, 1.82) is 0 Å². The van der Waals surface area contributed by atoms with Crippen molar-refractivity contribution in [3.8, 4) is 0 Å². The molecule has 3 atom stereocenters. The van der Waals surface area contributed by atoms with Gasteiger partial charge in [-0.05, 0) is 31.9 Å². The van der Waals surface area contributed by atoms with E-state index in [2.05, 4.69) is 10.3 Å². The maximum Gasteiger partial charge on any atom is 0.268 e. The van der Waals surface area contributed by atoms with Crippen LogP contribution in [0.2, 0.25) is 0 Å². The molecular formula is C15H20N4O2. The highest BCUT2D eigenvalue weighted by Crippen LogP contribution is 2.31. The van der Waals surface area contributed by atoms with Gasteiger partial charge in [0.1, 0.15) is 11.5 Å². The summed E-state index contributed by atoms with van der Waals surface area (Å²) >= 11 is 0. The number of hydrogen-bond acceptors (Lipinski definition) is 3. The van der Waals surface area contributed by atoms with E-state index in [0.29, 0.717) is 5.69 Å². The number of aliphatic hydroxyl groups excluding tert-OH is 1. The molecule has 2 heterocycles. The second kappa shape index (κ2) is 5.37. The maximum absolute atomic E-state index is 12.2. The minimum Gasteiger partial charge on any atom is -0.389 e. The van der Waals surface area contributed by atoms with Gasteiger partial charge in [0.05, 0.1) is 18.2 Å². The van der Waals surface area contributed by atoms with E-state index in [1.807, 2.05) is 37.0 Å². The second-order valence-electron chi connectivity index (χ2n) is 5.60. The molecule has 0 radical (unpaired) electrons. The first-order chi connectivity index (χ1) is 10.1. The van der Waals surface area contributed by atoms with E-state index in [-0.39, 0.29) is 18.0 Å². The lowest BCUT2D eigenvalue weighted by Gasteiger charge is -2.22. The van der Waals surface area contributed by atoms with Gasteiger partial charge < -0.3 is 19.6 Å². The van der Waals surface area contributed by atoms with Crippen LogP contribution in [0.3, 0.4) is 0 Å². The van der Waals surface area contributed by atoms with Crippen LogP contribution in [0.15, 0.2) is 30.7 Å². The fraction of sp³-hybridized carbons (Fsp3) is 0.467. The average molecular weight is 288 g/mol. The summed E-state index contributed by atoms with van der Waals surface area (Å²) in [6.07, 6.45) is 6.44. The van der Waals surface area contributed by atoms with E-state index < -0.39 is 6.10 Å². The third-order valence-electron chi connectivity index (χ3n) is 4.29. The highest BCUT2D eigenvalue weighted by atomic mass is 16.3. The first kappa shape index (κ1) is 13.9. The number of hydrogen-bond donors (Lipinski definition) is 2. The zero-order chi connectivity index (χ0) is 15.0. The predicted octanol–water partition coefficient (Wildman–Crippen LogP) is 1.02. The molecule has 0 bridgehead atoms. The van der Waals surface area contributed by atoms with Gasteiger partial charge in [0.2, 0.25) is 0 Å². The Hall–Kier alpha value is -2.08.